The summed E-state index contributed by atoms with van der Waals surface area (Å²) in [6.07, 6.45) is 1.58. The lowest BCUT2D eigenvalue weighted by molar-refractivity contribution is 0.0699. The first kappa shape index (κ1) is 15.0. The van der Waals surface area contributed by atoms with Gasteiger partial charge in [-0.2, -0.15) is 0 Å². The van der Waals surface area contributed by atoms with Gasteiger partial charge < -0.3 is 10.1 Å². The lowest BCUT2D eigenvalue weighted by Crippen LogP contribution is -1.96. The van der Waals surface area contributed by atoms with Gasteiger partial charge in [-0.25, -0.2) is 14.8 Å². The van der Waals surface area contributed by atoms with E-state index in [1.165, 1.54) is 6.07 Å². The van der Waals surface area contributed by atoms with Gasteiger partial charge in [-0.1, -0.05) is 31.5 Å². The van der Waals surface area contributed by atoms with Crippen LogP contribution in [-0.2, 0) is 0 Å². The number of nitrogens with one attached hydrogen (secondary N) is 1. The molecule has 2 N–H and O–H groups in total. The van der Waals surface area contributed by atoms with Gasteiger partial charge in [-0.05, 0) is 24.3 Å². The molecule has 2 aromatic heterocycles. The van der Waals surface area contributed by atoms with Gasteiger partial charge in [-0.15, -0.1) is 0 Å². The van der Waals surface area contributed by atoms with Crippen molar-refractivity contribution in [3.05, 3.63) is 47.2 Å². The van der Waals surface area contributed by atoms with Gasteiger partial charge in [0, 0.05) is 11.8 Å². The molecule has 6 heteroatoms. The monoisotopic (exact) mass is 303 g/mol. The Balaban J connectivity index is 0.000000774. The van der Waals surface area contributed by atoms with Gasteiger partial charge >= 0.3 is 5.97 Å². The van der Waals surface area contributed by atoms with E-state index in [9.17, 15) is 4.79 Å². The highest BCUT2D eigenvalue weighted by Crippen LogP contribution is 2.23. The number of nitrogens with zero attached hydrogens (tertiary/aromatic N) is 2. The molecule has 0 bridgehead atoms. The van der Waals surface area contributed by atoms with E-state index in [4.69, 9.17) is 16.7 Å². The van der Waals surface area contributed by atoms with E-state index in [1.54, 1.807) is 30.5 Å². The minimum atomic E-state index is -1.00. The van der Waals surface area contributed by atoms with Crippen LogP contribution < -0.4 is 0 Å². The second-order valence-electron chi connectivity index (χ2n) is 3.96. The number of aromatic carboxylic acids is 1. The maximum Gasteiger partial charge on any atom is 0.337 e. The fraction of sp³-hybridized carbons (Fsp3) is 0.133. The van der Waals surface area contributed by atoms with Crippen LogP contribution in [0.5, 0.6) is 0 Å². The zero-order chi connectivity index (χ0) is 15.4. The van der Waals surface area contributed by atoms with Crippen LogP contribution in [0, 0.1) is 0 Å². The molecule has 3 aromatic rings. The Hall–Kier alpha value is -2.40. The molecule has 3 rings (SSSR count). The summed E-state index contributed by atoms with van der Waals surface area (Å²) in [6.45, 7) is 4.00. The summed E-state index contributed by atoms with van der Waals surface area (Å²) in [7, 11) is 0. The van der Waals surface area contributed by atoms with E-state index < -0.39 is 5.97 Å². The second kappa shape index (κ2) is 6.37. The molecular formula is C15H14ClN3O2. The number of pyridine rings is 1. The molecule has 0 aliphatic rings. The molecule has 0 amide bonds. The maximum atomic E-state index is 11.1. The smallest absolute Gasteiger partial charge is 0.337 e. The number of carboxylic acids is 1. The Morgan fingerprint density at radius 3 is 2.62 bits per heavy atom. The highest BCUT2D eigenvalue weighted by molar-refractivity contribution is 6.29. The molecule has 0 aliphatic heterocycles. The van der Waals surface area contributed by atoms with Gasteiger partial charge in [0.1, 0.15) is 16.5 Å². The van der Waals surface area contributed by atoms with Crippen molar-refractivity contribution in [1.82, 2.24) is 15.0 Å². The van der Waals surface area contributed by atoms with Crippen molar-refractivity contribution in [2.45, 2.75) is 13.8 Å². The van der Waals surface area contributed by atoms with E-state index in [0.29, 0.717) is 22.0 Å². The van der Waals surface area contributed by atoms with Gasteiger partial charge in [0.2, 0.25) is 0 Å². The molecule has 0 aliphatic carbocycles. The molecular weight excluding hydrogens is 290 g/mol. The lowest BCUT2D eigenvalue weighted by Gasteiger charge is -1.95. The predicted molar refractivity (Wildman–Crippen MR) is 82.6 cm³/mol. The van der Waals surface area contributed by atoms with Gasteiger partial charge in [-0.3, -0.25) is 0 Å². The van der Waals surface area contributed by atoms with Crippen LogP contribution in [0.1, 0.15) is 24.2 Å². The molecule has 0 atom stereocenters. The first-order valence-electron chi connectivity index (χ1n) is 6.49. The molecule has 0 saturated carbocycles. The van der Waals surface area contributed by atoms with E-state index in [-0.39, 0.29) is 5.56 Å². The Bertz CT molecular complexity index is 766. The highest BCUT2D eigenvalue weighted by atomic mass is 35.5. The Morgan fingerprint density at radius 1 is 1.24 bits per heavy atom. The number of hydrogen-bond donors (Lipinski definition) is 2. The summed E-state index contributed by atoms with van der Waals surface area (Å²) >= 11 is 5.73. The average molecular weight is 304 g/mol. The van der Waals surface area contributed by atoms with E-state index in [1.807, 2.05) is 13.8 Å². The topological polar surface area (TPSA) is 78.9 Å². The van der Waals surface area contributed by atoms with Crippen LogP contribution in [0.15, 0.2) is 36.5 Å². The third-order valence-corrected chi connectivity index (χ3v) is 2.97. The molecule has 5 nitrogen and oxygen atoms in total. The van der Waals surface area contributed by atoms with Crippen LogP contribution in [0.2, 0.25) is 5.15 Å². The number of benzene rings is 1. The normalized spacial score (nSPS) is 10.0. The largest absolute Gasteiger partial charge is 0.478 e. The fourth-order valence-electron chi connectivity index (χ4n) is 1.86. The first-order chi connectivity index (χ1) is 10.1. The molecule has 0 saturated heterocycles. The molecule has 0 spiro atoms. The average Bonchev–Trinajstić information content (AvgIpc) is 2.93. The van der Waals surface area contributed by atoms with Crippen molar-refractivity contribution in [2.24, 2.45) is 0 Å². The zero-order valence-corrected chi connectivity index (χ0v) is 12.3. The predicted octanol–water partition coefficient (Wildman–Crippen LogP) is 4.00. The zero-order valence-electron chi connectivity index (χ0n) is 11.6. The van der Waals surface area contributed by atoms with E-state index in [0.717, 1.165) is 5.56 Å². The number of H-pyrrole nitrogens is 1. The number of carboxylic acid groups (broad SMARTS) is 1. The Morgan fingerprint density at radius 2 is 2.00 bits per heavy atom. The quantitative estimate of drug-likeness (QED) is 0.701. The third kappa shape index (κ3) is 3.03. The maximum absolute atomic E-state index is 11.1. The molecule has 108 valence electrons. The SMILES string of the molecule is CC.O=C(O)c1cccc2[nH]c(-c3ccc(Cl)nc3)nc12. The number of imidazole rings is 1. The number of halogens is 1. The van der Waals surface area contributed by atoms with Gasteiger partial charge in [0.15, 0.2) is 0 Å². The number of rotatable bonds is 2. The van der Waals surface area contributed by atoms with Gasteiger partial charge in [0.25, 0.3) is 0 Å². The third-order valence-electron chi connectivity index (χ3n) is 2.74. The molecule has 2 heterocycles. The molecule has 0 radical (unpaired) electrons. The minimum Gasteiger partial charge on any atom is -0.478 e. The van der Waals surface area contributed by atoms with Crippen LogP contribution in [0.3, 0.4) is 0 Å². The first-order valence-corrected chi connectivity index (χ1v) is 6.87. The minimum absolute atomic E-state index is 0.168. The number of fused-ring (bicyclic) bond motifs is 1. The van der Waals surface area contributed by atoms with Crippen molar-refractivity contribution < 1.29 is 9.90 Å². The highest BCUT2D eigenvalue weighted by Gasteiger charge is 2.13. The van der Waals surface area contributed by atoms with Crippen molar-refractivity contribution in [3.63, 3.8) is 0 Å². The standard InChI is InChI=1S/C13H8ClN3O2.C2H6/c14-10-5-4-7(6-15-10)12-16-9-3-1-2-8(13(18)19)11(9)17-12;1-2/h1-6H,(H,16,17)(H,18,19);1-2H3. The number of aromatic amines is 1. The van der Waals surface area contributed by atoms with Crippen LogP contribution in [0.4, 0.5) is 0 Å². The van der Waals surface area contributed by atoms with Crippen LogP contribution in [-0.4, -0.2) is 26.0 Å². The molecule has 0 unspecified atom stereocenters. The summed E-state index contributed by atoms with van der Waals surface area (Å²) < 4.78 is 0. The van der Waals surface area contributed by atoms with Crippen LogP contribution >= 0.6 is 11.6 Å². The number of hydrogen-bond acceptors (Lipinski definition) is 3. The number of para-hydroxylation sites is 1. The van der Waals surface area contributed by atoms with Crippen molar-refractivity contribution in [2.75, 3.05) is 0 Å². The Labute approximate surface area is 126 Å². The lowest BCUT2D eigenvalue weighted by atomic mass is 10.2. The summed E-state index contributed by atoms with van der Waals surface area (Å²) in [5.74, 6) is -0.439. The van der Waals surface area contributed by atoms with Crippen molar-refractivity contribution >= 4 is 28.6 Å². The molecule has 1 aromatic carbocycles. The number of carbonyl (C=O) groups is 1. The fourth-order valence-corrected chi connectivity index (χ4v) is 1.97. The van der Waals surface area contributed by atoms with Crippen molar-refractivity contribution in [1.29, 1.82) is 0 Å². The van der Waals surface area contributed by atoms with E-state index in [2.05, 4.69) is 15.0 Å². The summed E-state index contributed by atoms with van der Waals surface area (Å²) in [6, 6.07) is 8.40. The number of aromatic nitrogens is 3. The summed E-state index contributed by atoms with van der Waals surface area (Å²) in [5, 5.41) is 9.51. The van der Waals surface area contributed by atoms with E-state index >= 15 is 0 Å². The summed E-state index contributed by atoms with van der Waals surface area (Å²) in [5.41, 5.74) is 2.02. The Kier molecular flexibility index (Phi) is 4.55. The van der Waals surface area contributed by atoms with Crippen molar-refractivity contribution in [3.8, 4) is 11.4 Å². The van der Waals surface area contributed by atoms with Gasteiger partial charge in [0.05, 0.1) is 11.1 Å². The molecule has 21 heavy (non-hydrogen) atoms. The molecule has 0 fully saturated rings. The summed E-state index contributed by atoms with van der Waals surface area (Å²) in [4.78, 5) is 22.5. The van der Waals surface area contributed by atoms with Crippen LogP contribution in [0.25, 0.3) is 22.4 Å². The second-order valence-corrected chi connectivity index (χ2v) is 4.35.